The number of nitrogens with one attached hydrogen (secondary N) is 1. The molecule has 3 rings (SSSR count). The van der Waals surface area contributed by atoms with Gasteiger partial charge in [0, 0.05) is 14.0 Å². The van der Waals surface area contributed by atoms with Crippen LogP contribution in [-0.2, 0) is 33.2 Å². The molecule has 1 amide bonds. The van der Waals surface area contributed by atoms with Gasteiger partial charge in [0.2, 0.25) is 5.91 Å². The van der Waals surface area contributed by atoms with Gasteiger partial charge in [-0.3, -0.25) is 4.79 Å². The largest absolute Gasteiger partial charge is 0.394 e. The van der Waals surface area contributed by atoms with E-state index in [4.69, 9.17) is 28.4 Å². The minimum absolute atomic E-state index is 0.555. The summed E-state index contributed by atoms with van der Waals surface area (Å²) < 4.78 is 33.7. The molecule has 0 aromatic rings. The lowest BCUT2D eigenvalue weighted by Gasteiger charge is -2.50. The third kappa shape index (κ3) is 6.39. The topological polar surface area (TPSA) is 246 Å². The van der Waals surface area contributed by atoms with Crippen molar-refractivity contribution in [2.75, 3.05) is 20.3 Å². The predicted octanol–water partition coefficient (Wildman–Crippen LogP) is -5.75. The van der Waals surface area contributed by atoms with Crippen molar-refractivity contribution in [3.05, 3.63) is 0 Å². The Labute approximate surface area is 212 Å². The zero-order valence-corrected chi connectivity index (χ0v) is 20.5. The van der Waals surface area contributed by atoms with Gasteiger partial charge < -0.3 is 74.6 Å². The van der Waals surface area contributed by atoms with Crippen LogP contribution in [-0.4, -0.2) is 159 Å². The number of carbonyl (C=O) groups is 1. The zero-order valence-electron chi connectivity index (χ0n) is 20.5. The quantitative estimate of drug-likeness (QED) is 0.138. The van der Waals surface area contributed by atoms with E-state index < -0.39 is 111 Å². The van der Waals surface area contributed by atoms with Crippen LogP contribution in [0.3, 0.4) is 0 Å². The van der Waals surface area contributed by atoms with E-state index in [1.54, 1.807) is 0 Å². The number of aliphatic hydroxyl groups excluding tert-OH is 8. The van der Waals surface area contributed by atoms with Crippen molar-refractivity contribution in [3.63, 3.8) is 0 Å². The molecule has 3 heterocycles. The second-order valence-corrected chi connectivity index (χ2v) is 9.27. The maximum atomic E-state index is 12.0. The van der Waals surface area contributed by atoms with Gasteiger partial charge >= 0.3 is 0 Å². The molecule has 16 nitrogen and oxygen atoms in total. The Balaban J connectivity index is 1.95. The lowest BCUT2D eigenvalue weighted by atomic mass is 9.94. The zero-order chi connectivity index (χ0) is 27.6. The number of ether oxygens (including phenoxy) is 6. The minimum Gasteiger partial charge on any atom is -0.394 e. The van der Waals surface area contributed by atoms with Gasteiger partial charge in [-0.2, -0.15) is 0 Å². The Hall–Kier alpha value is -1.09. The highest BCUT2D eigenvalue weighted by Gasteiger charge is 2.54. The fraction of sp³-hybridized carbons (Fsp3) is 0.952. The minimum atomic E-state index is -1.82. The number of methoxy groups -OCH3 is 1. The first-order chi connectivity index (χ1) is 17.4. The van der Waals surface area contributed by atoms with Crippen LogP contribution in [0.15, 0.2) is 0 Å². The Morgan fingerprint density at radius 2 is 1.24 bits per heavy atom. The molecule has 3 aliphatic heterocycles. The highest BCUT2D eigenvalue weighted by atomic mass is 16.8. The first-order valence-corrected chi connectivity index (χ1v) is 11.8. The van der Waals surface area contributed by atoms with Crippen molar-refractivity contribution in [1.82, 2.24) is 5.32 Å². The SMILES string of the molecule is CO[C@@H]1O[C@H](CO)[C@@H](O[C@@H]2O[C@@H](C)[C@H](O)[C@@H](O)[C@H]2O)[C@H](O[C@@H]2O[C@H](CO)[C@H](O)[C@H](O)[C@H]2O)[C@H]1NC(C)=O. The second kappa shape index (κ2) is 12.8. The second-order valence-electron chi connectivity index (χ2n) is 9.27. The number of rotatable bonds is 8. The van der Waals surface area contributed by atoms with E-state index in [1.807, 2.05) is 0 Å². The van der Waals surface area contributed by atoms with Crippen molar-refractivity contribution in [2.45, 2.75) is 106 Å². The van der Waals surface area contributed by atoms with E-state index in [0.717, 1.165) is 0 Å². The lowest BCUT2D eigenvalue weighted by Crippen LogP contribution is -2.69. The summed E-state index contributed by atoms with van der Waals surface area (Å²) in [5.41, 5.74) is 0. The van der Waals surface area contributed by atoms with Crippen LogP contribution < -0.4 is 5.32 Å². The molecule has 16 heteroatoms. The molecule has 9 N–H and O–H groups in total. The standard InChI is InChI=1S/C21H37NO15/c1-6-11(26)13(28)15(30)20(33-6)36-17-9(5-24)35-19(32-3)10(22-7(2)25)18(17)37-21-16(31)14(29)12(27)8(4-23)34-21/h6,8-21,23-24,26-31H,4-5H2,1-3H3,(H,22,25)/t6-,8+,9+,10+,11-,12-,13+,14-,15+,16+,17+,18+,19+,20-,21-/m0/s1. The average Bonchev–Trinajstić information content (AvgIpc) is 2.87. The van der Waals surface area contributed by atoms with Crippen molar-refractivity contribution < 1.29 is 74.1 Å². The maximum absolute atomic E-state index is 12.0. The number of hydrogen-bond acceptors (Lipinski definition) is 15. The molecule has 15 atom stereocenters. The van der Waals surface area contributed by atoms with Crippen LogP contribution >= 0.6 is 0 Å². The molecule has 0 aromatic heterocycles. The van der Waals surface area contributed by atoms with Gasteiger partial charge in [-0.1, -0.05) is 0 Å². The van der Waals surface area contributed by atoms with E-state index >= 15 is 0 Å². The molecule has 3 aliphatic rings. The summed E-state index contributed by atoms with van der Waals surface area (Å²) in [6.45, 7) is 1.21. The third-order valence-corrected chi connectivity index (χ3v) is 6.67. The van der Waals surface area contributed by atoms with Crippen LogP contribution in [0.4, 0.5) is 0 Å². The predicted molar refractivity (Wildman–Crippen MR) is 116 cm³/mol. The van der Waals surface area contributed by atoms with E-state index in [1.165, 1.54) is 21.0 Å². The van der Waals surface area contributed by atoms with E-state index in [0.29, 0.717) is 0 Å². The number of aliphatic hydroxyl groups is 8. The van der Waals surface area contributed by atoms with E-state index in [2.05, 4.69) is 5.32 Å². The molecular formula is C21H37NO15. The Morgan fingerprint density at radius 3 is 1.78 bits per heavy atom. The van der Waals surface area contributed by atoms with E-state index in [-0.39, 0.29) is 0 Å². The first kappa shape index (κ1) is 30.5. The fourth-order valence-corrected chi connectivity index (χ4v) is 4.58. The first-order valence-electron chi connectivity index (χ1n) is 11.8. The van der Waals surface area contributed by atoms with Crippen LogP contribution in [0.2, 0.25) is 0 Å². The molecule has 37 heavy (non-hydrogen) atoms. The maximum Gasteiger partial charge on any atom is 0.217 e. The summed E-state index contributed by atoms with van der Waals surface area (Å²) in [4.78, 5) is 12.0. The number of hydrogen-bond donors (Lipinski definition) is 9. The van der Waals surface area contributed by atoms with Crippen LogP contribution in [0.25, 0.3) is 0 Å². The van der Waals surface area contributed by atoms with Crippen molar-refractivity contribution >= 4 is 5.91 Å². The normalized spacial score (nSPS) is 49.0. The summed E-state index contributed by atoms with van der Waals surface area (Å²) in [7, 11) is 1.26. The van der Waals surface area contributed by atoms with Gasteiger partial charge in [0.05, 0.1) is 19.3 Å². The summed E-state index contributed by atoms with van der Waals surface area (Å²) in [5.74, 6) is -0.555. The molecule has 0 radical (unpaired) electrons. The van der Waals surface area contributed by atoms with Crippen LogP contribution in [0.5, 0.6) is 0 Å². The fourth-order valence-electron chi connectivity index (χ4n) is 4.58. The molecular weight excluding hydrogens is 506 g/mol. The van der Waals surface area contributed by atoms with E-state index in [9.17, 15) is 45.6 Å². The third-order valence-electron chi connectivity index (χ3n) is 6.67. The molecule has 0 aromatic carbocycles. The summed E-state index contributed by atoms with van der Waals surface area (Å²) >= 11 is 0. The van der Waals surface area contributed by atoms with Gasteiger partial charge in [0.25, 0.3) is 0 Å². The molecule has 0 spiro atoms. The van der Waals surface area contributed by atoms with Crippen molar-refractivity contribution in [1.29, 1.82) is 0 Å². The van der Waals surface area contributed by atoms with Crippen LogP contribution in [0.1, 0.15) is 13.8 Å². The summed E-state index contributed by atoms with van der Waals surface area (Å²) in [6.07, 6.45) is -20.8. The van der Waals surface area contributed by atoms with Crippen molar-refractivity contribution in [3.8, 4) is 0 Å². The average molecular weight is 544 g/mol. The highest BCUT2D eigenvalue weighted by molar-refractivity contribution is 5.73. The molecule has 0 unspecified atom stereocenters. The van der Waals surface area contributed by atoms with Gasteiger partial charge in [-0.15, -0.1) is 0 Å². The Kier molecular flexibility index (Phi) is 10.6. The lowest BCUT2D eigenvalue weighted by molar-refractivity contribution is -0.371. The summed E-state index contributed by atoms with van der Waals surface area (Å²) in [5, 5.41) is 83.5. The summed E-state index contributed by atoms with van der Waals surface area (Å²) in [6, 6.07) is -1.18. The molecule has 216 valence electrons. The Bertz CT molecular complexity index is 745. The smallest absolute Gasteiger partial charge is 0.217 e. The van der Waals surface area contributed by atoms with Crippen molar-refractivity contribution in [2.24, 2.45) is 0 Å². The van der Waals surface area contributed by atoms with Gasteiger partial charge in [-0.25, -0.2) is 0 Å². The monoisotopic (exact) mass is 543 g/mol. The van der Waals surface area contributed by atoms with Gasteiger partial charge in [0.1, 0.15) is 67.1 Å². The number of amides is 1. The van der Waals surface area contributed by atoms with Gasteiger partial charge in [-0.05, 0) is 6.92 Å². The van der Waals surface area contributed by atoms with Crippen LogP contribution in [0, 0.1) is 0 Å². The number of carbonyl (C=O) groups excluding carboxylic acids is 1. The molecule has 0 bridgehead atoms. The highest BCUT2D eigenvalue weighted by Crippen LogP contribution is 2.33. The molecule has 0 aliphatic carbocycles. The van der Waals surface area contributed by atoms with Gasteiger partial charge in [0.15, 0.2) is 18.9 Å². The molecule has 3 saturated heterocycles. The molecule has 3 fully saturated rings. The Morgan fingerprint density at radius 1 is 0.730 bits per heavy atom. The molecule has 0 saturated carbocycles.